The molecule has 1 fully saturated rings. The SMILES string of the molecule is CCN(C[C@@H](O)c1cccc(O)c1)C(=O)c1ccc(CN2CCCCC2)cc1. The van der Waals surface area contributed by atoms with Crippen LogP contribution in [0, 0.1) is 0 Å². The van der Waals surface area contributed by atoms with Gasteiger partial charge in [0.1, 0.15) is 5.75 Å². The number of likely N-dealkylation sites (tertiary alicyclic amines) is 1. The summed E-state index contributed by atoms with van der Waals surface area (Å²) >= 11 is 0. The molecule has 2 N–H and O–H groups in total. The van der Waals surface area contributed by atoms with Crippen LogP contribution in [0.25, 0.3) is 0 Å². The Kier molecular flexibility index (Phi) is 7.06. The van der Waals surface area contributed by atoms with E-state index in [1.807, 2.05) is 31.2 Å². The standard InChI is InChI=1S/C23H30N2O3/c1-2-25(17-22(27)20-7-6-8-21(26)15-20)23(28)19-11-9-18(10-12-19)16-24-13-4-3-5-14-24/h6-12,15,22,26-27H,2-5,13-14,16-17H2,1H3/t22-/m1/s1. The van der Waals surface area contributed by atoms with Crippen molar-refractivity contribution in [3.05, 3.63) is 65.2 Å². The van der Waals surface area contributed by atoms with E-state index in [0.717, 1.165) is 19.6 Å². The summed E-state index contributed by atoms with van der Waals surface area (Å²) < 4.78 is 0. The minimum atomic E-state index is -0.839. The van der Waals surface area contributed by atoms with Crippen LogP contribution in [0.1, 0.15) is 53.8 Å². The van der Waals surface area contributed by atoms with Crippen LogP contribution in [0.3, 0.4) is 0 Å². The lowest BCUT2D eigenvalue weighted by Crippen LogP contribution is -2.34. The second kappa shape index (κ2) is 9.71. The number of nitrogens with zero attached hydrogens (tertiary/aromatic N) is 2. The minimum Gasteiger partial charge on any atom is -0.508 e. The molecule has 1 atom stereocenters. The minimum absolute atomic E-state index is 0.0915. The third-order valence-corrected chi connectivity index (χ3v) is 5.37. The maximum Gasteiger partial charge on any atom is 0.253 e. The van der Waals surface area contributed by atoms with Crippen molar-refractivity contribution >= 4 is 5.91 Å². The molecule has 1 amide bonds. The molecule has 1 aliphatic heterocycles. The van der Waals surface area contributed by atoms with Crippen molar-refractivity contribution in [1.82, 2.24) is 9.80 Å². The predicted molar refractivity (Wildman–Crippen MR) is 110 cm³/mol. The third kappa shape index (κ3) is 5.33. The first-order valence-electron chi connectivity index (χ1n) is 10.1. The van der Waals surface area contributed by atoms with Gasteiger partial charge in [0.25, 0.3) is 5.91 Å². The van der Waals surface area contributed by atoms with Gasteiger partial charge in [-0.25, -0.2) is 0 Å². The number of carbonyl (C=O) groups excluding carboxylic acids is 1. The van der Waals surface area contributed by atoms with Crippen LogP contribution in [0.4, 0.5) is 0 Å². The van der Waals surface area contributed by atoms with E-state index in [1.54, 1.807) is 23.1 Å². The highest BCUT2D eigenvalue weighted by Gasteiger charge is 2.19. The highest BCUT2D eigenvalue weighted by atomic mass is 16.3. The van der Waals surface area contributed by atoms with Crippen molar-refractivity contribution in [3.63, 3.8) is 0 Å². The van der Waals surface area contributed by atoms with E-state index in [1.165, 1.54) is 30.9 Å². The molecule has 5 nitrogen and oxygen atoms in total. The van der Waals surface area contributed by atoms with Gasteiger partial charge in [0.05, 0.1) is 12.6 Å². The normalized spacial score (nSPS) is 15.9. The monoisotopic (exact) mass is 382 g/mol. The molecule has 0 saturated carbocycles. The topological polar surface area (TPSA) is 64.0 Å². The molecule has 0 radical (unpaired) electrons. The highest BCUT2D eigenvalue weighted by molar-refractivity contribution is 5.94. The van der Waals surface area contributed by atoms with E-state index < -0.39 is 6.10 Å². The van der Waals surface area contributed by atoms with Gasteiger partial charge in [-0.15, -0.1) is 0 Å². The van der Waals surface area contributed by atoms with Gasteiger partial charge < -0.3 is 15.1 Å². The van der Waals surface area contributed by atoms with Crippen molar-refractivity contribution in [3.8, 4) is 5.75 Å². The lowest BCUT2D eigenvalue weighted by Gasteiger charge is -2.26. The average molecular weight is 383 g/mol. The Morgan fingerprint density at radius 1 is 1.11 bits per heavy atom. The average Bonchev–Trinajstić information content (AvgIpc) is 2.72. The zero-order valence-electron chi connectivity index (χ0n) is 16.6. The molecule has 2 aromatic rings. The molecule has 0 aliphatic carbocycles. The summed E-state index contributed by atoms with van der Waals surface area (Å²) in [6, 6.07) is 14.3. The molecule has 5 heteroatoms. The number of aromatic hydroxyl groups is 1. The number of phenols is 1. The van der Waals surface area contributed by atoms with Crippen molar-refractivity contribution in [2.75, 3.05) is 26.2 Å². The van der Waals surface area contributed by atoms with Crippen LogP contribution in [-0.4, -0.2) is 52.1 Å². The number of aliphatic hydroxyl groups excluding tert-OH is 1. The van der Waals surface area contributed by atoms with Crippen molar-refractivity contribution in [1.29, 1.82) is 0 Å². The molecule has 0 unspecified atom stereocenters. The Hall–Kier alpha value is -2.37. The molecule has 0 spiro atoms. The number of benzene rings is 2. The van der Waals surface area contributed by atoms with Gasteiger partial charge in [-0.2, -0.15) is 0 Å². The Balaban J connectivity index is 1.62. The third-order valence-electron chi connectivity index (χ3n) is 5.37. The van der Waals surface area contributed by atoms with Crippen LogP contribution in [0.5, 0.6) is 5.75 Å². The fourth-order valence-electron chi connectivity index (χ4n) is 3.71. The summed E-state index contributed by atoms with van der Waals surface area (Å²) in [5.41, 5.74) is 2.46. The maximum atomic E-state index is 12.9. The van der Waals surface area contributed by atoms with E-state index in [9.17, 15) is 15.0 Å². The molecule has 0 aromatic heterocycles. The van der Waals surface area contributed by atoms with Crippen LogP contribution in [-0.2, 0) is 6.54 Å². The van der Waals surface area contributed by atoms with Gasteiger partial charge >= 0.3 is 0 Å². The molecule has 3 rings (SSSR count). The Bertz CT molecular complexity index is 770. The number of rotatable bonds is 7. The largest absolute Gasteiger partial charge is 0.508 e. The molecule has 150 valence electrons. The molecule has 1 aliphatic rings. The van der Waals surface area contributed by atoms with Gasteiger partial charge in [-0.3, -0.25) is 9.69 Å². The fourth-order valence-corrected chi connectivity index (χ4v) is 3.71. The van der Waals surface area contributed by atoms with E-state index in [2.05, 4.69) is 4.90 Å². The molecule has 1 saturated heterocycles. The number of carbonyl (C=O) groups is 1. The first-order valence-corrected chi connectivity index (χ1v) is 10.1. The number of piperidine rings is 1. The van der Waals surface area contributed by atoms with Crippen LogP contribution in [0.2, 0.25) is 0 Å². The van der Waals surface area contributed by atoms with Crippen LogP contribution < -0.4 is 0 Å². The molecular weight excluding hydrogens is 352 g/mol. The summed E-state index contributed by atoms with van der Waals surface area (Å²) in [5, 5.41) is 20.0. The lowest BCUT2D eigenvalue weighted by atomic mass is 10.1. The smallest absolute Gasteiger partial charge is 0.253 e. The number of phenolic OH excluding ortho intramolecular Hbond substituents is 1. The summed E-state index contributed by atoms with van der Waals surface area (Å²) in [6.45, 7) is 5.83. The number of aliphatic hydroxyl groups is 1. The first kappa shape index (κ1) is 20.4. The van der Waals surface area contributed by atoms with E-state index in [-0.39, 0.29) is 18.2 Å². The fraction of sp³-hybridized carbons (Fsp3) is 0.435. The predicted octanol–water partition coefficient (Wildman–Crippen LogP) is 3.57. The van der Waals surface area contributed by atoms with Crippen molar-refractivity contribution in [2.24, 2.45) is 0 Å². The van der Waals surface area contributed by atoms with Crippen molar-refractivity contribution in [2.45, 2.75) is 38.8 Å². The van der Waals surface area contributed by atoms with Crippen molar-refractivity contribution < 1.29 is 15.0 Å². The van der Waals surface area contributed by atoms with Gasteiger partial charge in [0.15, 0.2) is 0 Å². The highest BCUT2D eigenvalue weighted by Crippen LogP contribution is 2.20. The summed E-state index contributed by atoms with van der Waals surface area (Å²) in [7, 11) is 0. The molecule has 1 heterocycles. The second-order valence-electron chi connectivity index (χ2n) is 7.49. The molecule has 28 heavy (non-hydrogen) atoms. The van der Waals surface area contributed by atoms with Gasteiger partial charge in [0.2, 0.25) is 0 Å². The number of likely N-dealkylation sites (N-methyl/N-ethyl adjacent to an activating group) is 1. The Morgan fingerprint density at radius 2 is 1.82 bits per heavy atom. The molecular formula is C23H30N2O3. The summed E-state index contributed by atoms with van der Waals surface area (Å²) in [5.74, 6) is 0.0152. The zero-order valence-corrected chi connectivity index (χ0v) is 16.6. The quantitative estimate of drug-likeness (QED) is 0.768. The van der Waals surface area contributed by atoms with Crippen LogP contribution >= 0.6 is 0 Å². The van der Waals surface area contributed by atoms with E-state index in [4.69, 9.17) is 0 Å². The lowest BCUT2D eigenvalue weighted by molar-refractivity contribution is 0.0635. The summed E-state index contributed by atoms with van der Waals surface area (Å²) in [4.78, 5) is 17.0. The number of amides is 1. The number of hydrogen-bond acceptors (Lipinski definition) is 4. The second-order valence-corrected chi connectivity index (χ2v) is 7.49. The Morgan fingerprint density at radius 3 is 2.46 bits per heavy atom. The van der Waals surface area contributed by atoms with Gasteiger partial charge in [0, 0.05) is 18.7 Å². The summed E-state index contributed by atoms with van der Waals surface area (Å²) in [6.07, 6.45) is 3.02. The van der Waals surface area contributed by atoms with Gasteiger partial charge in [-0.1, -0.05) is 30.7 Å². The molecule has 0 bridgehead atoms. The number of hydrogen-bond donors (Lipinski definition) is 2. The van der Waals surface area contributed by atoms with Gasteiger partial charge in [-0.05, 0) is 68.2 Å². The maximum absolute atomic E-state index is 12.9. The van der Waals surface area contributed by atoms with E-state index >= 15 is 0 Å². The van der Waals surface area contributed by atoms with Crippen LogP contribution in [0.15, 0.2) is 48.5 Å². The zero-order chi connectivity index (χ0) is 19.9. The first-order chi connectivity index (χ1) is 13.6. The van der Waals surface area contributed by atoms with E-state index in [0.29, 0.717) is 17.7 Å². The molecule has 2 aromatic carbocycles. The Labute approximate surface area is 167 Å².